The van der Waals surface area contributed by atoms with Crippen LogP contribution in [-0.2, 0) is 0 Å². The largest absolute Gasteiger partial charge is 0.312 e. The second-order valence-electron chi connectivity index (χ2n) is 5.95. The van der Waals surface area contributed by atoms with E-state index in [0.717, 1.165) is 0 Å². The first-order valence-electron chi connectivity index (χ1n) is 8.11. The van der Waals surface area contributed by atoms with Crippen LogP contribution >= 0.6 is 0 Å². The Morgan fingerprint density at radius 3 is 1.95 bits per heavy atom. The zero-order chi connectivity index (χ0) is 15.0. The van der Waals surface area contributed by atoms with E-state index >= 15 is 0 Å². The minimum atomic E-state index is 0.397. The number of nitrogens with zero attached hydrogens (tertiary/aromatic N) is 1. The summed E-state index contributed by atoms with van der Waals surface area (Å²) in [5.74, 6) is 0.630. The fourth-order valence-corrected chi connectivity index (χ4v) is 3.20. The lowest BCUT2D eigenvalue weighted by Gasteiger charge is -2.40. The molecular weight excluding hydrogens is 244 g/mol. The Morgan fingerprint density at radius 2 is 1.55 bits per heavy atom. The molecule has 2 nitrogen and oxygen atoms in total. The highest BCUT2D eigenvalue weighted by Gasteiger charge is 2.29. The molecule has 1 aromatic carbocycles. The fraction of sp³-hybridized carbons (Fsp3) is 0.667. The maximum absolute atomic E-state index is 3.56. The molecule has 114 valence electrons. The standard InChI is InChI=1S/C18H32N2/c1-6-13-20(14-7-2)18(15(3)4)17(19-5)16-11-9-8-10-12-16/h8-12,15,17-19H,6-7,13-14H2,1-5H3. The van der Waals surface area contributed by atoms with Crippen LogP contribution in [0.4, 0.5) is 0 Å². The molecule has 20 heavy (non-hydrogen) atoms. The van der Waals surface area contributed by atoms with Gasteiger partial charge in [0.1, 0.15) is 0 Å². The summed E-state index contributed by atoms with van der Waals surface area (Å²) in [5.41, 5.74) is 1.39. The predicted molar refractivity (Wildman–Crippen MR) is 89.0 cm³/mol. The van der Waals surface area contributed by atoms with Crippen LogP contribution in [0.25, 0.3) is 0 Å². The van der Waals surface area contributed by atoms with Gasteiger partial charge < -0.3 is 5.32 Å². The SMILES string of the molecule is CCCN(CCC)C(C(C)C)C(NC)c1ccccc1. The third-order valence-corrected chi connectivity index (χ3v) is 3.94. The van der Waals surface area contributed by atoms with E-state index in [9.17, 15) is 0 Å². The summed E-state index contributed by atoms with van der Waals surface area (Å²) in [6, 6.07) is 11.8. The fourth-order valence-electron chi connectivity index (χ4n) is 3.20. The molecular formula is C18H32N2. The highest BCUT2D eigenvalue weighted by molar-refractivity contribution is 5.21. The van der Waals surface area contributed by atoms with Crippen LogP contribution in [0.5, 0.6) is 0 Å². The molecule has 0 heterocycles. The van der Waals surface area contributed by atoms with Crippen LogP contribution in [0, 0.1) is 5.92 Å². The molecule has 0 aliphatic rings. The Labute approximate surface area is 125 Å². The Balaban J connectivity index is 3.02. The van der Waals surface area contributed by atoms with Gasteiger partial charge in [-0.3, -0.25) is 4.90 Å². The summed E-state index contributed by atoms with van der Waals surface area (Å²) < 4.78 is 0. The molecule has 0 aromatic heterocycles. The van der Waals surface area contributed by atoms with Crippen molar-refractivity contribution < 1.29 is 0 Å². The van der Waals surface area contributed by atoms with Gasteiger partial charge in [-0.25, -0.2) is 0 Å². The molecule has 2 heteroatoms. The third kappa shape index (κ3) is 4.60. The molecule has 1 rings (SSSR count). The highest BCUT2D eigenvalue weighted by atomic mass is 15.2. The van der Waals surface area contributed by atoms with E-state index < -0.39 is 0 Å². The molecule has 2 atom stereocenters. The van der Waals surface area contributed by atoms with Crippen LogP contribution in [0.2, 0.25) is 0 Å². The summed E-state index contributed by atoms with van der Waals surface area (Å²) in [4.78, 5) is 2.67. The zero-order valence-corrected chi connectivity index (χ0v) is 13.9. The van der Waals surface area contributed by atoms with Gasteiger partial charge in [0.2, 0.25) is 0 Å². The quantitative estimate of drug-likeness (QED) is 0.730. The zero-order valence-electron chi connectivity index (χ0n) is 13.9. The summed E-state index contributed by atoms with van der Waals surface area (Å²) in [7, 11) is 2.09. The second-order valence-corrected chi connectivity index (χ2v) is 5.95. The first kappa shape index (κ1) is 17.2. The smallest absolute Gasteiger partial charge is 0.0478 e. The van der Waals surface area contributed by atoms with Gasteiger partial charge in [0.25, 0.3) is 0 Å². The van der Waals surface area contributed by atoms with Crippen molar-refractivity contribution in [2.45, 2.75) is 52.6 Å². The number of nitrogens with one attached hydrogen (secondary N) is 1. The molecule has 0 spiro atoms. The predicted octanol–water partition coefficient (Wildman–Crippen LogP) is 4.09. The van der Waals surface area contributed by atoms with E-state index in [-0.39, 0.29) is 0 Å². The van der Waals surface area contributed by atoms with Crippen LogP contribution < -0.4 is 5.32 Å². The second kappa shape index (κ2) is 9.15. The van der Waals surface area contributed by atoms with Crippen molar-refractivity contribution in [3.05, 3.63) is 35.9 Å². The minimum Gasteiger partial charge on any atom is -0.312 e. The maximum Gasteiger partial charge on any atom is 0.0478 e. The van der Waals surface area contributed by atoms with E-state index in [1.807, 2.05) is 0 Å². The van der Waals surface area contributed by atoms with Crippen molar-refractivity contribution in [3.63, 3.8) is 0 Å². The first-order valence-corrected chi connectivity index (χ1v) is 8.11. The van der Waals surface area contributed by atoms with Gasteiger partial charge in [-0.1, -0.05) is 58.0 Å². The molecule has 0 aliphatic heterocycles. The molecule has 0 aliphatic carbocycles. The summed E-state index contributed by atoms with van der Waals surface area (Å²) in [6.45, 7) is 11.6. The van der Waals surface area contributed by atoms with Gasteiger partial charge in [-0.05, 0) is 44.5 Å². The number of benzene rings is 1. The Bertz CT molecular complexity index is 342. The van der Waals surface area contributed by atoms with Crippen LogP contribution in [-0.4, -0.2) is 31.1 Å². The number of rotatable bonds is 9. The van der Waals surface area contributed by atoms with Gasteiger partial charge in [-0.2, -0.15) is 0 Å². The van der Waals surface area contributed by atoms with Gasteiger partial charge in [0, 0.05) is 12.1 Å². The average molecular weight is 276 g/mol. The van der Waals surface area contributed by atoms with Gasteiger partial charge in [-0.15, -0.1) is 0 Å². The average Bonchev–Trinajstić information content (AvgIpc) is 2.45. The molecule has 2 unspecified atom stereocenters. The van der Waals surface area contributed by atoms with Crippen molar-refractivity contribution in [1.82, 2.24) is 10.2 Å². The van der Waals surface area contributed by atoms with Gasteiger partial charge in [0.05, 0.1) is 0 Å². The normalized spacial score (nSPS) is 14.8. The molecule has 0 amide bonds. The lowest BCUT2D eigenvalue weighted by molar-refractivity contribution is 0.119. The van der Waals surface area contributed by atoms with Crippen molar-refractivity contribution in [2.24, 2.45) is 5.92 Å². The van der Waals surface area contributed by atoms with Gasteiger partial charge >= 0.3 is 0 Å². The first-order chi connectivity index (χ1) is 9.65. The van der Waals surface area contributed by atoms with Crippen molar-refractivity contribution >= 4 is 0 Å². The monoisotopic (exact) mass is 276 g/mol. The molecule has 1 aromatic rings. The molecule has 1 N–H and O–H groups in total. The van der Waals surface area contributed by atoms with E-state index in [4.69, 9.17) is 0 Å². The van der Waals surface area contributed by atoms with E-state index in [0.29, 0.717) is 18.0 Å². The Kier molecular flexibility index (Phi) is 7.86. The summed E-state index contributed by atoms with van der Waals surface area (Å²) >= 11 is 0. The van der Waals surface area contributed by atoms with Crippen molar-refractivity contribution in [1.29, 1.82) is 0 Å². The number of hydrogen-bond acceptors (Lipinski definition) is 2. The lowest BCUT2D eigenvalue weighted by Crippen LogP contribution is -2.47. The molecule has 0 bridgehead atoms. The minimum absolute atomic E-state index is 0.397. The van der Waals surface area contributed by atoms with E-state index in [2.05, 4.69) is 75.3 Å². The summed E-state index contributed by atoms with van der Waals surface area (Å²) in [5, 5.41) is 3.56. The molecule has 0 saturated heterocycles. The van der Waals surface area contributed by atoms with Crippen LogP contribution in [0.1, 0.15) is 52.1 Å². The Hall–Kier alpha value is -0.860. The van der Waals surface area contributed by atoms with Crippen molar-refractivity contribution in [3.8, 4) is 0 Å². The van der Waals surface area contributed by atoms with E-state index in [1.165, 1.54) is 31.5 Å². The number of likely N-dealkylation sites (N-methyl/N-ethyl adjacent to an activating group) is 1. The van der Waals surface area contributed by atoms with Crippen molar-refractivity contribution in [2.75, 3.05) is 20.1 Å². The van der Waals surface area contributed by atoms with Gasteiger partial charge in [0.15, 0.2) is 0 Å². The maximum atomic E-state index is 3.56. The van der Waals surface area contributed by atoms with Crippen LogP contribution in [0.15, 0.2) is 30.3 Å². The van der Waals surface area contributed by atoms with E-state index in [1.54, 1.807) is 0 Å². The Morgan fingerprint density at radius 1 is 1.00 bits per heavy atom. The van der Waals surface area contributed by atoms with Crippen LogP contribution in [0.3, 0.4) is 0 Å². The molecule has 0 radical (unpaired) electrons. The number of hydrogen-bond donors (Lipinski definition) is 1. The lowest BCUT2D eigenvalue weighted by atomic mass is 9.89. The highest BCUT2D eigenvalue weighted by Crippen LogP contribution is 2.26. The topological polar surface area (TPSA) is 15.3 Å². The summed E-state index contributed by atoms with van der Waals surface area (Å²) in [6.07, 6.45) is 2.43. The molecule has 0 saturated carbocycles. The third-order valence-electron chi connectivity index (χ3n) is 3.94. The molecule has 0 fully saturated rings.